The van der Waals surface area contributed by atoms with Crippen LogP contribution in [0, 0.1) is 5.82 Å². The van der Waals surface area contributed by atoms with Crippen molar-refractivity contribution in [2.75, 3.05) is 26.2 Å². The molecule has 2 aliphatic rings. The number of nitrogens with zero attached hydrogens (tertiary/aromatic N) is 3. The van der Waals surface area contributed by atoms with Crippen LogP contribution in [0.2, 0.25) is 5.02 Å². The quantitative estimate of drug-likeness (QED) is 0.497. The van der Waals surface area contributed by atoms with Gasteiger partial charge in [0.15, 0.2) is 0 Å². The summed E-state index contributed by atoms with van der Waals surface area (Å²) in [7, 11) is 0. The van der Waals surface area contributed by atoms with Crippen molar-refractivity contribution in [3.63, 3.8) is 0 Å². The predicted octanol–water partition coefficient (Wildman–Crippen LogP) is 5.12. The van der Waals surface area contributed by atoms with Crippen LogP contribution in [0.25, 0.3) is 11.3 Å². The van der Waals surface area contributed by atoms with Gasteiger partial charge in [0.1, 0.15) is 33.4 Å². The monoisotopic (exact) mass is 511 g/mol. The second-order valence-electron chi connectivity index (χ2n) is 8.71. The Bertz CT molecular complexity index is 1010. The molecule has 3 heterocycles. The molecule has 1 fully saturated rings. The van der Waals surface area contributed by atoms with Gasteiger partial charge in [-0.25, -0.2) is 14.2 Å². The number of hydrogen-bond donors (Lipinski definition) is 0. The molecule has 0 bridgehead atoms. The SMILES string of the molecule is CC(C)(C)OC(=O)N1CCN2Cc3c(Br)nc(-c4ccccc4F)c(Cl)c3OC[C@H]2C1. The molecule has 1 atom stereocenters. The minimum absolute atomic E-state index is 0.0199. The van der Waals surface area contributed by atoms with Gasteiger partial charge in [0, 0.05) is 37.3 Å². The fraction of sp³-hybridized carbons (Fsp3) is 0.455. The van der Waals surface area contributed by atoms with Crippen LogP contribution in [-0.4, -0.2) is 58.8 Å². The smallest absolute Gasteiger partial charge is 0.410 e. The molecule has 0 unspecified atom stereocenters. The molecule has 1 aromatic heterocycles. The van der Waals surface area contributed by atoms with Crippen LogP contribution in [-0.2, 0) is 11.3 Å². The van der Waals surface area contributed by atoms with Gasteiger partial charge in [0.05, 0.1) is 11.7 Å². The van der Waals surface area contributed by atoms with E-state index in [1.807, 2.05) is 20.8 Å². The molecule has 0 radical (unpaired) electrons. The number of amides is 1. The van der Waals surface area contributed by atoms with Crippen molar-refractivity contribution in [2.45, 2.75) is 39.0 Å². The Hall–Kier alpha value is -1.90. The molecule has 1 amide bonds. The van der Waals surface area contributed by atoms with E-state index in [0.717, 1.165) is 5.56 Å². The molecule has 1 aromatic carbocycles. The lowest BCUT2D eigenvalue weighted by Crippen LogP contribution is -2.56. The number of aromatic nitrogens is 1. The van der Waals surface area contributed by atoms with E-state index in [1.165, 1.54) is 6.07 Å². The average Bonchev–Trinajstić information content (AvgIpc) is 2.90. The van der Waals surface area contributed by atoms with E-state index < -0.39 is 11.4 Å². The molecule has 31 heavy (non-hydrogen) atoms. The van der Waals surface area contributed by atoms with Crippen LogP contribution < -0.4 is 4.74 Å². The van der Waals surface area contributed by atoms with E-state index in [2.05, 4.69) is 25.8 Å². The molecule has 1 saturated heterocycles. The van der Waals surface area contributed by atoms with E-state index in [4.69, 9.17) is 21.1 Å². The second-order valence-corrected chi connectivity index (χ2v) is 9.84. The van der Waals surface area contributed by atoms with Gasteiger partial charge < -0.3 is 14.4 Å². The van der Waals surface area contributed by atoms with Gasteiger partial charge in [-0.2, -0.15) is 0 Å². The number of pyridine rings is 1. The molecule has 4 rings (SSSR count). The van der Waals surface area contributed by atoms with Gasteiger partial charge in [-0.05, 0) is 48.8 Å². The molecular formula is C22H24BrClFN3O3. The maximum Gasteiger partial charge on any atom is 0.410 e. The topological polar surface area (TPSA) is 54.9 Å². The molecule has 6 nitrogen and oxygen atoms in total. The Morgan fingerprint density at radius 2 is 2.06 bits per heavy atom. The number of carbonyl (C=O) groups is 1. The maximum absolute atomic E-state index is 14.4. The molecule has 0 N–H and O–H groups in total. The highest BCUT2D eigenvalue weighted by Gasteiger charge is 2.36. The molecule has 2 aromatic rings. The highest BCUT2D eigenvalue weighted by atomic mass is 79.9. The molecular weight excluding hydrogens is 489 g/mol. The Kier molecular flexibility index (Phi) is 6.16. The number of benzene rings is 1. The summed E-state index contributed by atoms with van der Waals surface area (Å²) in [5, 5.41) is 0.284. The first-order valence-corrected chi connectivity index (χ1v) is 11.3. The lowest BCUT2D eigenvalue weighted by Gasteiger charge is -2.40. The van der Waals surface area contributed by atoms with E-state index >= 15 is 0 Å². The first-order chi connectivity index (χ1) is 14.6. The normalized spacial score (nSPS) is 19.2. The third-order valence-corrected chi connectivity index (χ3v) is 6.31. The number of halogens is 3. The highest BCUT2D eigenvalue weighted by Crippen LogP contribution is 2.42. The van der Waals surface area contributed by atoms with Crippen LogP contribution in [0.3, 0.4) is 0 Å². The summed E-state index contributed by atoms with van der Waals surface area (Å²) >= 11 is 10.2. The fourth-order valence-corrected chi connectivity index (χ4v) is 4.60. The van der Waals surface area contributed by atoms with Crippen molar-refractivity contribution in [1.82, 2.24) is 14.8 Å². The van der Waals surface area contributed by atoms with Crippen molar-refractivity contribution in [1.29, 1.82) is 0 Å². The van der Waals surface area contributed by atoms with Crippen LogP contribution in [0.5, 0.6) is 5.75 Å². The highest BCUT2D eigenvalue weighted by molar-refractivity contribution is 9.10. The standard InChI is InChI=1S/C22H24BrClFN3O3/c1-22(2,3)31-21(29)28-9-8-27-11-15-19(30-12-13(27)10-28)17(24)18(26-20(15)23)14-6-4-5-7-16(14)25/h4-7,13H,8-12H2,1-3H3/t13-/m1/s1. The van der Waals surface area contributed by atoms with Crippen LogP contribution in [0.1, 0.15) is 26.3 Å². The van der Waals surface area contributed by atoms with E-state index in [-0.39, 0.29) is 17.2 Å². The molecule has 0 aliphatic carbocycles. The first-order valence-electron chi connectivity index (χ1n) is 10.1. The zero-order valence-electron chi connectivity index (χ0n) is 17.6. The zero-order chi connectivity index (χ0) is 22.3. The van der Waals surface area contributed by atoms with Gasteiger partial charge >= 0.3 is 6.09 Å². The number of rotatable bonds is 1. The summed E-state index contributed by atoms with van der Waals surface area (Å²) in [6.07, 6.45) is -0.323. The van der Waals surface area contributed by atoms with Crippen LogP contribution in [0.4, 0.5) is 9.18 Å². The number of hydrogen-bond acceptors (Lipinski definition) is 5. The maximum atomic E-state index is 14.4. The summed E-state index contributed by atoms with van der Waals surface area (Å²) in [5.41, 5.74) is 0.925. The summed E-state index contributed by atoms with van der Waals surface area (Å²) in [4.78, 5) is 21.0. The summed E-state index contributed by atoms with van der Waals surface area (Å²) in [5.74, 6) is 0.0998. The summed E-state index contributed by atoms with van der Waals surface area (Å²) in [6.45, 7) is 8.20. The van der Waals surface area contributed by atoms with Crippen molar-refractivity contribution >= 4 is 33.6 Å². The van der Waals surface area contributed by atoms with Gasteiger partial charge in [0.2, 0.25) is 0 Å². The van der Waals surface area contributed by atoms with Crippen molar-refractivity contribution in [3.05, 3.63) is 45.3 Å². The molecule has 166 valence electrons. The minimum Gasteiger partial charge on any atom is -0.490 e. The molecule has 9 heteroatoms. The van der Waals surface area contributed by atoms with Gasteiger partial charge in [-0.3, -0.25) is 4.90 Å². The lowest BCUT2D eigenvalue weighted by molar-refractivity contribution is -0.00156. The van der Waals surface area contributed by atoms with Crippen molar-refractivity contribution < 1.29 is 18.7 Å². The Morgan fingerprint density at radius 1 is 1.32 bits per heavy atom. The Labute approximate surface area is 194 Å². The van der Waals surface area contributed by atoms with Gasteiger partial charge in [-0.1, -0.05) is 23.7 Å². The molecule has 0 saturated carbocycles. The zero-order valence-corrected chi connectivity index (χ0v) is 20.0. The molecule has 2 aliphatic heterocycles. The fourth-order valence-electron chi connectivity index (χ4n) is 3.80. The van der Waals surface area contributed by atoms with E-state index in [1.54, 1.807) is 23.1 Å². The van der Waals surface area contributed by atoms with Crippen LogP contribution in [0.15, 0.2) is 28.9 Å². The third-order valence-electron chi connectivity index (χ3n) is 5.31. The summed E-state index contributed by atoms with van der Waals surface area (Å²) in [6, 6.07) is 6.35. The van der Waals surface area contributed by atoms with Gasteiger partial charge in [0.25, 0.3) is 0 Å². The Morgan fingerprint density at radius 3 is 2.77 bits per heavy atom. The number of piperazine rings is 1. The number of ether oxygens (including phenoxy) is 2. The lowest BCUT2D eigenvalue weighted by atomic mass is 10.1. The van der Waals surface area contributed by atoms with Gasteiger partial charge in [-0.15, -0.1) is 0 Å². The predicted molar refractivity (Wildman–Crippen MR) is 120 cm³/mol. The first kappa shape index (κ1) is 22.3. The van der Waals surface area contributed by atoms with Crippen molar-refractivity contribution in [3.8, 4) is 17.0 Å². The minimum atomic E-state index is -0.544. The van der Waals surface area contributed by atoms with Crippen molar-refractivity contribution in [2.24, 2.45) is 0 Å². The largest absolute Gasteiger partial charge is 0.490 e. The third kappa shape index (κ3) is 4.66. The summed E-state index contributed by atoms with van der Waals surface area (Å²) < 4.78 is 26.6. The van der Waals surface area contributed by atoms with E-state index in [0.29, 0.717) is 54.4 Å². The number of fused-ring (bicyclic) bond motifs is 2. The van der Waals surface area contributed by atoms with E-state index in [9.17, 15) is 9.18 Å². The average molecular weight is 513 g/mol. The number of carbonyl (C=O) groups excluding carboxylic acids is 1. The Balaban J connectivity index is 1.59. The van der Waals surface area contributed by atoms with Crippen LogP contribution >= 0.6 is 27.5 Å². The second kappa shape index (κ2) is 8.56. The molecule has 0 spiro atoms.